The van der Waals surface area contributed by atoms with Crippen molar-refractivity contribution in [1.82, 2.24) is 19.5 Å². The third-order valence-electron chi connectivity index (χ3n) is 4.43. The molecule has 0 aromatic carbocycles. The summed E-state index contributed by atoms with van der Waals surface area (Å²) in [4.78, 5) is 12.5. The van der Waals surface area contributed by atoms with Gasteiger partial charge in [-0.15, -0.1) is 0 Å². The second-order valence-corrected chi connectivity index (χ2v) is 6.40. The van der Waals surface area contributed by atoms with Crippen LogP contribution in [-0.2, 0) is 12.0 Å². The zero-order valence-electron chi connectivity index (χ0n) is 12.6. The average Bonchev–Trinajstić information content (AvgIpc) is 2.94. The van der Waals surface area contributed by atoms with Crippen molar-refractivity contribution in [2.24, 2.45) is 0 Å². The fourth-order valence-corrected chi connectivity index (χ4v) is 3.31. The fraction of sp³-hybridized carbons (Fsp3) is 0.312. The molecule has 0 saturated carbocycles. The Hall–Kier alpha value is -2.05. The van der Waals surface area contributed by atoms with Gasteiger partial charge in [0, 0.05) is 6.20 Å². The molecule has 1 unspecified atom stereocenters. The van der Waals surface area contributed by atoms with Gasteiger partial charge in [0.15, 0.2) is 11.5 Å². The SMILES string of the molecule is Cc1c(F)c2cnc(Cl)nc2n1-c1ccc2c(n1)C(C)(O)CC2. The number of aryl methyl sites for hydroxylation is 1. The fourth-order valence-electron chi connectivity index (χ4n) is 3.18. The van der Waals surface area contributed by atoms with E-state index in [1.54, 1.807) is 18.4 Å². The Morgan fingerprint density at radius 2 is 2.13 bits per heavy atom. The molecule has 23 heavy (non-hydrogen) atoms. The Morgan fingerprint density at radius 3 is 2.91 bits per heavy atom. The van der Waals surface area contributed by atoms with Crippen molar-refractivity contribution in [1.29, 1.82) is 0 Å². The van der Waals surface area contributed by atoms with Gasteiger partial charge in [0.1, 0.15) is 11.4 Å². The molecule has 0 spiro atoms. The predicted molar refractivity (Wildman–Crippen MR) is 84.3 cm³/mol. The minimum atomic E-state index is -0.965. The summed E-state index contributed by atoms with van der Waals surface area (Å²) in [5.74, 6) is 0.109. The quantitative estimate of drug-likeness (QED) is 0.696. The van der Waals surface area contributed by atoms with E-state index in [0.29, 0.717) is 34.7 Å². The summed E-state index contributed by atoms with van der Waals surface area (Å²) in [5.41, 5.74) is 1.43. The van der Waals surface area contributed by atoms with Gasteiger partial charge < -0.3 is 5.11 Å². The normalized spacial score (nSPS) is 20.2. The molecule has 0 bridgehead atoms. The zero-order chi connectivity index (χ0) is 16.4. The first-order valence-electron chi connectivity index (χ1n) is 7.31. The van der Waals surface area contributed by atoms with Crippen LogP contribution in [-0.4, -0.2) is 24.6 Å². The minimum Gasteiger partial charge on any atom is -0.384 e. The summed E-state index contributed by atoms with van der Waals surface area (Å²) >= 11 is 5.86. The van der Waals surface area contributed by atoms with E-state index in [1.165, 1.54) is 6.20 Å². The highest BCUT2D eigenvalue weighted by Crippen LogP contribution is 2.36. The lowest BCUT2D eigenvalue weighted by atomic mass is 10.0. The van der Waals surface area contributed by atoms with Crippen LogP contribution in [0.2, 0.25) is 5.28 Å². The third kappa shape index (κ3) is 2.05. The highest BCUT2D eigenvalue weighted by Gasteiger charge is 2.34. The first kappa shape index (κ1) is 14.5. The van der Waals surface area contributed by atoms with Crippen LogP contribution in [0, 0.1) is 12.7 Å². The minimum absolute atomic E-state index is 0.0457. The molecule has 0 amide bonds. The largest absolute Gasteiger partial charge is 0.384 e. The van der Waals surface area contributed by atoms with Crippen LogP contribution in [0.1, 0.15) is 30.3 Å². The molecule has 3 aromatic heterocycles. The van der Waals surface area contributed by atoms with E-state index in [0.717, 1.165) is 12.0 Å². The number of pyridine rings is 1. The first-order chi connectivity index (χ1) is 10.9. The lowest BCUT2D eigenvalue weighted by molar-refractivity contribution is 0.0553. The van der Waals surface area contributed by atoms with Crippen LogP contribution >= 0.6 is 11.6 Å². The molecule has 1 atom stereocenters. The topological polar surface area (TPSA) is 63.8 Å². The van der Waals surface area contributed by atoms with E-state index >= 15 is 0 Å². The summed E-state index contributed by atoms with van der Waals surface area (Å²) in [6, 6.07) is 3.73. The second kappa shape index (κ2) is 4.72. The lowest BCUT2D eigenvalue weighted by Crippen LogP contribution is -2.19. The van der Waals surface area contributed by atoms with Gasteiger partial charge in [0.25, 0.3) is 0 Å². The standard InChI is InChI=1S/C16H14ClFN4O/c1-8-12(18)10-7-19-15(17)21-14(10)22(8)11-4-3-9-5-6-16(2,23)13(9)20-11/h3-4,7,23H,5-6H2,1-2H3. The van der Waals surface area contributed by atoms with E-state index < -0.39 is 11.4 Å². The van der Waals surface area contributed by atoms with Gasteiger partial charge in [-0.2, -0.15) is 4.98 Å². The Morgan fingerprint density at radius 1 is 1.35 bits per heavy atom. The van der Waals surface area contributed by atoms with Crippen LogP contribution in [0.4, 0.5) is 4.39 Å². The molecule has 0 radical (unpaired) electrons. The van der Waals surface area contributed by atoms with Crippen LogP contribution in [0.25, 0.3) is 16.9 Å². The van der Waals surface area contributed by atoms with Crippen LogP contribution < -0.4 is 0 Å². The summed E-state index contributed by atoms with van der Waals surface area (Å²) in [6.45, 7) is 3.40. The molecule has 5 nitrogen and oxygen atoms in total. The number of hydrogen-bond donors (Lipinski definition) is 1. The maximum absolute atomic E-state index is 14.4. The zero-order valence-corrected chi connectivity index (χ0v) is 13.4. The van der Waals surface area contributed by atoms with Crippen LogP contribution in [0.5, 0.6) is 0 Å². The molecule has 1 N–H and O–H groups in total. The van der Waals surface area contributed by atoms with Crippen molar-refractivity contribution >= 4 is 22.6 Å². The monoisotopic (exact) mass is 332 g/mol. The number of hydrogen-bond acceptors (Lipinski definition) is 4. The summed E-state index contributed by atoms with van der Waals surface area (Å²) in [7, 11) is 0. The smallest absolute Gasteiger partial charge is 0.224 e. The number of halogens is 2. The number of rotatable bonds is 1. The molecule has 7 heteroatoms. The molecule has 0 aliphatic heterocycles. The number of aromatic nitrogens is 4. The lowest BCUT2D eigenvalue weighted by Gasteiger charge is -2.17. The van der Waals surface area contributed by atoms with Crippen molar-refractivity contribution in [3.05, 3.63) is 46.4 Å². The maximum Gasteiger partial charge on any atom is 0.224 e. The van der Waals surface area contributed by atoms with Gasteiger partial charge in [-0.1, -0.05) is 6.07 Å². The number of aliphatic hydroxyl groups is 1. The molecule has 3 aromatic rings. The number of nitrogens with zero attached hydrogens (tertiary/aromatic N) is 4. The Labute approximate surface area is 136 Å². The highest BCUT2D eigenvalue weighted by molar-refractivity contribution is 6.28. The molecule has 4 rings (SSSR count). The molecule has 1 aliphatic rings. The van der Waals surface area contributed by atoms with Gasteiger partial charge in [-0.25, -0.2) is 14.4 Å². The Bertz CT molecular complexity index is 951. The predicted octanol–water partition coefficient (Wildman–Crippen LogP) is 3.07. The van der Waals surface area contributed by atoms with Gasteiger partial charge in [0.2, 0.25) is 5.28 Å². The first-order valence-corrected chi connectivity index (χ1v) is 7.68. The molecule has 118 valence electrons. The third-order valence-corrected chi connectivity index (χ3v) is 4.61. The van der Waals surface area contributed by atoms with Gasteiger partial charge in [0.05, 0.1) is 16.8 Å². The second-order valence-electron chi connectivity index (χ2n) is 6.06. The summed E-state index contributed by atoms with van der Waals surface area (Å²) in [6.07, 6.45) is 2.78. The molecule has 0 fully saturated rings. The summed E-state index contributed by atoms with van der Waals surface area (Å²) < 4.78 is 16.0. The van der Waals surface area contributed by atoms with Gasteiger partial charge in [-0.3, -0.25) is 4.57 Å². The van der Waals surface area contributed by atoms with Crippen molar-refractivity contribution in [3.63, 3.8) is 0 Å². The summed E-state index contributed by atoms with van der Waals surface area (Å²) in [5, 5.41) is 10.8. The molecule has 3 heterocycles. The van der Waals surface area contributed by atoms with Crippen molar-refractivity contribution < 1.29 is 9.50 Å². The molecule has 0 saturated heterocycles. The molecular formula is C16H14ClFN4O. The van der Waals surface area contributed by atoms with Crippen molar-refractivity contribution in [3.8, 4) is 5.82 Å². The van der Waals surface area contributed by atoms with E-state index in [4.69, 9.17) is 11.6 Å². The maximum atomic E-state index is 14.4. The van der Waals surface area contributed by atoms with Crippen LogP contribution in [0.15, 0.2) is 18.3 Å². The van der Waals surface area contributed by atoms with Crippen molar-refractivity contribution in [2.45, 2.75) is 32.3 Å². The Kier molecular flexibility index (Phi) is 2.98. The van der Waals surface area contributed by atoms with E-state index in [-0.39, 0.29) is 5.28 Å². The van der Waals surface area contributed by atoms with E-state index in [9.17, 15) is 9.50 Å². The Balaban J connectivity index is 2.01. The average molecular weight is 333 g/mol. The molecular weight excluding hydrogens is 319 g/mol. The van der Waals surface area contributed by atoms with E-state index in [1.807, 2.05) is 12.1 Å². The van der Waals surface area contributed by atoms with E-state index in [2.05, 4.69) is 15.0 Å². The highest BCUT2D eigenvalue weighted by atomic mass is 35.5. The van der Waals surface area contributed by atoms with Crippen LogP contribution in [0.3, 0.4) is 0 Å². The van der Waals surface area contributed by atoms with Crippen molar-refractivity contribution in [2.75, 3.05) is 0 Å². The number of fused-ring (bicyclic) bond motifs is 2. The van der Waals surface area contributed by atoms with Gasteiger partial charge >= 0.3 is 0 Å². The van der Waals surface area contributed by atoms with Gasteiger partial charge in [-0.05, 0) is 49.9 Å². The molecule has 1 aliphatic carbocycles.